The molecule has 3 aromatic carbocycles. The summed E-state index contributed by atoms with van der Waals surface area (Å²) in [6, 6.07) is 22.7. The van der Waals surface area contributed by atoms with Crippen molar-refractivity contribution >= 4 is 47.4 Å². The molecule has 24 heteroatoms. The Morgan fingerprint density at radius 1 is 0.686 bits per heavy atom. The van der Waals surface area contributed by atoms with Crippen LogP contribution in [0.4, 0.5) is 0 Å². The van der Waals surface area contributed by atoms with E-state index >= 15 is 0 Å². The molecule has 0 bridgehead atoms. The summed E-state index contributed by atoms with van der Waals surface area (Å²) in [4.78, 5) is 132. The number of ether oxygens (including phenoxy) is 9. The molecule has 0 aliphatic carbocycles. The Morgan fingerprint density at radius 3 is 1.81 bits per heavy atom. The first-order chi connectivity index (χ1) is 41.1. The average Bonchev–Trinajstić information content (AvgIpc) is 0.822. The van der Waals surface area contributed by atoms with E-state index in [0.29, 0.717) is 53.9 Å². The minimum Gasteiger partial charge on any atom is -0.497 e. The minimum absolute atomic E-state index is 0.125. The molecule has 2 aliphatic heterocycles. The van der Waals surface area contributed by atoms with E-state index in [-0.39, 0.29) is 25.1 Å². The summed E-state index contributed by atoms with van der Waals surface area (Å²) in [5.74, 6) is -5.07. The van der Waals surface area contributed by atoms with Crippen LogP contribution in [0.3, 0.4) is 0 Å². The van der Waals surface area contributed by atoms with Gasteiger partial charge in [0.05, 0.1) is 58.9 Å². The van der Waals surface area contributed by atoms with Gasteiger partial charge in [-0.2, -0.15) is 0 Å². The quantitative estimate of drug-likeness (QED) is 0.0183. The van der Waals surface area contributed by atoms with E-state index in [1.165, 1.54) is 59.9 Å². The van der Waals surface area contributed by atoms with E-state index in [2.05, 4.69) is 10.3 Å². The van der Waals surface area contributed by atoms with Crippen molar-refractivity contribution in [2.75, 3.05) is 47.1 Å². The van der Waals surface area contributed by atoms with Crippen LogP contribution >= 0.6 is 0 Å². The maximum absolute atomic E-state index is 14.6. The van der Waals surface area contributed by atoms with Gasteiger partial charge >= 0.3 is 35.5 Å². The normalized spacial score (nSPS) is 20.2. The molecule has 0 radical (unpaired) electrons. The molecule has 0 saturated carbocycles. The number of aliphatic carboxylic acids is 1. The van der Waals surface area contributed by atoms with Crippen molar-refractivity contribution in [3.8, 4) is 11.5 Å². The lowest BCUT2D eigenvalue weighted by molar-refractivity contribution is -0.234. The van der Waals surface area contributed by atoms with Gasteiger partial charge in [-0.25, -0.2) is 4.79 Å². The Bertz CT molecular complexity index is 3040. The molecule has 466 valence electrons. The number of amides is 2. The molecule has 86 heavy (non-hydrogen) atoms. The number of esters is 4. The van der Waals surface area contributed by atoms with E-state index in [4.69, 9.17) is 42.6 Å². The Hall–Kier alpha value is -8.22. The van der Waals surface area contributed by atoms with Gasteiger partial charge in [0.25, 0.3) is 11.5 Å². The summed E-state index contributed by atoms with van der Waals surface area (Å²) in [5, 5.41) is 12.2. The summed E-state index contributed by atoms with van der Waals surface area (Å²) in [6.07, 6.45) is 0.697. The minimum atomic E-state index is -1.88. The number of benzene rings is 3. The number of carbonyl (C=O) groups excluding carboxylic acids is 7. The number of carbonyl (C=O) groups is 8. The van der Waals surface area contributed by atoms with E-state index < -0.39 is 139 Å². The highest BCUT2D eigenvalue weighted by Crippen LogP contribution is 2.43. The summed E-state index contributed by atoms with van der Waals surface area (Å²) in [7, 11) is 3.07. The number of unbranched alkanes of at least 4 members (excludes halogenated alkanes) is 7. The van der Waals surface area contributed by atoms with Crippen LogP contribution in [-0.4, -0.2) is 150 Å². The standard InChI is InChI=1S/C62H78N4O20/c1-39-33-66(60(77)64-58(39)75)52-34-65(59(76)49(71)21-17-12-10-8-9-11-13-18-22-50-55(63-40(2)67)57(84-43(5)70)56(83-42(4)69)51(85-50)35-80-41(3)68)36-61(86-52,37-81-54(74)32-31-53(72)73)38-82-62(44-19-15-14-16-20-44,45-23-27-47(78-6)28-24-45)46-25-29-48(79-7)30-26-46/h14-16,19-20,23-30,33,50-52,55-57H,8-13,17-18,21-22,31-32,34-38H2,1-7H3,(H,63,67)(H,72,73)(H,64,75,77)/t50-,51-,52-,55-,56+,57-,61-/m1/s1. The van der Waals surface area contributed by atoms with Crippen molar-refractivity contribution in [2.45, 2.75) is 160 Å². The number of rotatable bonds is 31. The van der Waals surface area contributed by atoms with Crippen LogP contribution in [0, 0.1) is 6.92 Å². The van der Waals surface area contributed by atoms with Gasteiger partial charge in [0.2, 0.25) is 11.7 Å². The Balaban J connectivity index is 1.18. The van der Waals surface area contributed by atoms with Crippen molar-refractivity contribution in [1.29, 1.82) is 0 Å². The molecule has 7 atom stereocenters. The highest BCUT2D eigenvalue weighted by molar-refractivity contribution is 6.36. The summed E-state index contributed by atoms with van der Waals surface area (Å²) in [5.41, 5.74) is -2.95. The number of nitrogens with zero attached hydrogens (tertiary/aromatic N) is 2. The number of ketones is 1. The van der Waals surface area contributed by atoms with Crippen molar-refractivity contribution in [2.24, 2.45) is 0 Å². The van der Waals surface area contributed by atoms with Gasteiger partial charge in [-0.1, -0.05) is 99.5 Å². The number of H-pyrrole nitrogens is 1. The number of Topliss-reactive ketones (excluding diaryl/α,β-unsaturated/α-hetero) is 1. The van der Waals surface area contributed by atoms with Crippen LogP contribution in [0.25, 0.3) is 0 Å². The van der Waals surface area contributed by atoms with Crippen molar-refractivity contribution in [3.05, 3.63) is 128 Å². The summed E-state index contributed by atoms with van der Waals surface area (Å²) < 4.78 is 54.6. The Morgan fingerprint density at radius 2 is 1.26 bits per heavy atom. The third-order valence-electron chi connectivity index (χ3n) is 14.8. The number of carboxylic acid groups (broad SMARTS) is 1. The fourth-order valence-corrected chi connectivity index (χ4v) is 10.7. The Kier molecular flexibility index (Phi) is 24.7. The number of carboxylic acids is 1. The molecule has 2 saturated heterocycles. The van der Waals surface area contributed by atoms with Gasteiger partial charge < -0.3 is 58.0 Å². The zero-order chi connectivity index (χ0) is 62.6. The van der Waals surface area contributed by atoms with Crippen LogP contribution in [0.2, 0.25) is 0 Å². The average molecular weight is 1200 g/mol. The maximum atomic E-state index is 14.6. The molecule has 0 unspecified atom stereocenters. The summed E-state index contributed by atoms with van der Waals surface area (Å²) >= 11 is 0. The molecule has 0 spiro atoms. The fourth-order valence-electron chi connectivity index (χ4n) is 10.7. The predicted molar refractivity (Wildman–Crippen MR) is 307 cm³/mol. The molecule has 6 rings (SSSR count). The van der Waals surface area contributed by atoms with Crippen molar-refractivity contribution in [3.63, 3.8) is 0 Å². The van der Waals surface area contributed by atoms with Crippen LogP contribution in [0.1, 0.15) is 133 Å². The topological polar surface area (TPSA) is 310 Å². The third kappa shape index (κ3) is 18.4. The molecule has 24 nitrogen and oxygen atoms in total. The van der Waals surface area contributed by atoms with Crippen LogP contribution in [-0.2, 0) is 77.1 Å². The van der Waals surface area contributed by atoms with E-state index in [9.17, 15) is 53.1 Å². The van der Waals surface area contributed by atoms with E-state index in [0.717, 1.165) is 36.7 Å². The number of methoxy groups -OCH3 is 2. The first kappa shape index (κ1) is 66.9. The number of morpholine rings is 1. The molecule has 2 amide bonds. The van der Waals surface area contributed by atoms with Gasteiger partial charge in [-0.3, -0.25) is 52.7 Å². The van der Waals surface area contributed by atoms with Crippen LogP contribution < -0.4 is 26.0 Å². The highest BCUT2D eigenvalue weighted by atomic mass is 16.6. The van der Waals surface area contributed by atoms with Gasteiger partial charge in [-0.05, 0) is 60.7 Å². The summed E-state index contributed by atoms with van der Waals surface area (Å²) in [6.45, 7) is 4.17. The molecule has 1 aromatic heterocycles. The second kappa shape index (κ2) is 31.8. The van der Waals surface area contributed by atoms with E-state index in [1.807, 2.05) is 54.6 Å². The van der Waals surface area contributed by atoms with Crippen molar-refractivity contribution in [1.82, 2.24) is 19.8 Å². The monoisotopic (exact) mass is 1200 g/mol. The smallest absolute Gasteiger partial charge is 0.330 e. The lowest BCUT2D eigenvalue weighted by Gasteiger charge is -2.47. The Labute approximate surface area is 498 Å². The fraction of sp³-hybridized carbons (Fsp3) is 0.516. The van der Waals surface area contributed by atoms with Crippen LogP contribution in [0.15, 0.2) is 94.6 Å². The SMILES string of the molecule is COc1ccc(C(OC[C@]2(COC(=O)CCC(=O)O)CN(C(=O)C(=O)CCCCCCCCCC[C@H]3O[C@H](COC(C)=O)[C@H](OC(C)=O)[C@H](OC(C)=O)[C@@H]3NC(C)=O)C[C@H](n3cc(C)c(=O)[nH]c3=O)O2)(c2ccccc2)c2ccc(OC)cc2)cc1. The second-order valence-electron chi connectivity index (χ2n) is 21.4. The second-order valence-corrected chi connectivity index (χ2v) is 21.4. The van der Waals surface area contributed by atoms with Crippen LogP contribution in [0.5, 0.6) is 11.5 Å². The lowest BCUT2D eigenvalue weighted by atomic mass is 9.79. The number of aromatic nitrogens is 2. The zero-order valence-corrected chi connectivity index (χ0v) is 49.7. The zero-order valence-electron chi connectivity index (χ0n) is 49.7. The van der Waals surface area contributed by atoms with Gasteiger partial charge in [-0.15, -0.1) is 0 Å². The molecule has 2 fully saturated rings. The van der Waals surface area contributed by atoms with Gasteiger partial charge in [0.1, 0.15) is 42.0 Å². The lowest BCUT2D eigenvalue weighted by Crippen LogP contribution is -2.66. The van der Waals surface area contributed by atoms with Crippen molar-refractivity contribution < 1.29 is 86.1 Å². The number of hydrogen-bond donors (Lipinski definition) is 3. The number of aryl methyl sites for hydroxylation is 1. The molecular weight excluding hydrogens is 1120 g/mol. The highest BCUT2D eigenvalue weighted by Gasteiger charge is 2.51. The van der Waals surface area contributed by atoms with E-state index in [1.54, 1.807) is 24.3 Å². The third-order valence-corrected chi connectivity index (χ3v) is 14.8. The molecule has 3 heterocycles. The van der Waals surface area contributed by atoms with Gasteiger partial charge in [0, 0.05) is 45.9 Å². The largest absolute Gasteiger partial charge is 0.497 e. The number of nitrogens with one attached hydrogen (secondary N) is 2. The van der Waals surface area contributed by atoms with Gasteiger partial charge in [0.15, 0.2) is 18.4 Å². The molecule has 3 N–H and O–H groups in total. The number of hydrogen-bond acceptors (Lipinski definition) is 19. The molecule has 2 aliphatic rings. The maximum Gasteiger partial charge on any atom is 0.330 e. The molecular formula is C62H78N4O20. The predicted octanol–water partition coefficient (Wildman–Crippen LogP) is 5.54. The first-order valence-electron chi connectivity index (χ1n) is 28.7. The first-order valence-corrected chi connectivity index (χ1v) is 28.7. The molecule has 4 aromatic rings. The number of aromatic amines is 1.